The Balaban J connectivity index is 1.71. The zero-order valence-electron chi connectivity index (χ0n) is 10.2. The second kappa shape index (κ2) is 5.90. The molecule has 0 fully saturated rings. The predicted octanol–water partition coefficient (Wildman–Crippen LogP) is 1.41. The van der Waals surface area contributed by atoms with Gasteiger partial charge in [0.25, 0.3) is 0 Å². The van der Waals surface area contributed by atoms with Crippen molar-refractivity contribution in [1.82, 2.24) is 15.2 Å². The van der Waals surface area contributed by atoms with Crippen LogP contribution in [0, 0.1) is 0 Å². The number of rotatable bonds is 6. The fraction of sp³-hybridized carbons (Fsp3) is 0.333. The molecule has 1 aromatic heterocycles. The molecular weight excluding hydrogens is 232 g/mol. The number of ether oxygens (including phenoxy) is 2. The van der Waals surface area contributed by atoms with Crippen LogP contribution in [-0.4, -0.2) is 28.9 Å². The fourth-order valence-corrected chi connectivity index (χ4v) is 1.52. The topological polar surface area (TPSA) is 86.1 Å². The van der Waals surface area contributed by atoms with Crippen LogP contribution in [0.15, 0.2) is 24.3 Å². The van der Waals surface area contributed by atoms with E-state index in [2.05, 4.69) is 15.2 Å². The summed E-state index contributed by atoms with van der Waals surface area (Å²) in [4.78, 5) is 4.02. The van der Waals surface area contributed by atoms with Gasteiger partial charge >= 0.3 is 0 Å². The van der Waals surface area contributed by atoms with Crippen molar-refractivity contribution in [2.24, 2.45) is 0 Å². The number of anilines is 1. The molecule has 0 saturated heterocycles. The third-order valence-electron chi connectivity index (χ3n) is 2.44. The highest BCUT2D eigenvalue weighted by Crippen LogP contribution is 2.17. The zero-order valence-corrected chi connectivity index (χ0v) is 10.2. The molecule has 0 radical (unpaired) electrons. The maximum Gasteiger partial charge on any atom is 0.239 e. The molecule has 6 nitrogen and oxygen atoms in total. The first-order valence-corrected chi connectivity index (χ1v) is 5.71. The van der Waals surface area contributed by atoms with Gasteiger partial charge in [-0.25, -0.2) is 0 Å². The van der Waals surface area contributed by atoms with E-state index in [1.165, 1.54) is 0 Å². The van der Waals surface area contributed by atoms with Crippen molar-refractivity contribution in [3.8, 4) is 11.5 Å². The van der Waals surface area contributed by atoms with Gasteiger partial charge in [-0.15, -0.1) is 5.10 Å². The smallest absolute Gasteiger partial charge is 0.239 e. The SMILES string of the molecule is COc1ccc(OCCCc2nc(N)n[nH]2)cc1. The summed E-state index contributed by atoms with van der Waals surface area (Å²) in [5.74, 6) is 2.71. The van der Waals surface area contributed by atoms with Gasteiger partial charge in [-0.3, -0.25) is 5.10 Å². The molecule has 0 aliphatic carbocycles. The number of hydrogen-bond acceptors (Lipinski definition) is 5. The van der Waals surface area contributed by atoms with E-state index in [9.17, 15) is 0 Å². The largest absolute Gasteiger partial charge is 0.497 e. The monoisotopic (exact) mass is 248 g/mol. The quantitative estimate of drug-likeness (QED) is 0.755. The molecule has 2 aromatic rings. The van der Waals surface area contributed by atoms with Gasteiger partial charge in [0.2, 0.25) is 5.95 Å². The standard InChI is InChI=1S/C12H16N4O2/c1-17-9-4-6-10(7-5-9)18-8-2-3-11-14-12(13)16-15-11/h4-7H,2-3,8H2,1H3,(H3,13,14,15,16). The Labute approximate surface area is 105 Å². The summed E-state index contributed by atoms with van der Waals surface area (Å²) in [5.41, 5.74) is 5.40. The molecule has 0 aliphatic heterocycles. The fourth-order valence-electron chi connectivity index (χ4n) is 1.52. The van der Waals surface area contributed by atoms with Crippen molar-refractivity contribution in [3.05, 3.63) is 30.1 Å². The van der Waals surface area contributed by atoms with E-state index in [1.54, 1.807) is 7.11 Å². The van der Waals surface area contributed by atoms with Crippen molar-refractivity contribution in [1.29, 1.82) is 0 Å². The van der Waals surface area contributed by atoms with E-state index in [-0.39, 0.29) is 5.95 Å². The lowest BCUT2D eigenvalue weighted by Gasteiger charge is -2.06. The molecular formula is C12H16N4O2. The van der Waals surface area contributed by atoms with Crippen LogP contribution in [0.25, 0.3) is 0 Å². The molecule has 0 saturated carbocycles. The Kier molecular flexibility index (Phi) is 4.01. The van der Waals surface area contributed by atoms with Crippen LogP contribution in [-0.2, 0) is 6.42 Å². The molecule has 1 heterocycles. The number of aryl methyl sites for hydroxylation is 1. The normalized spacial score (nSPS) is 10.3. The molecule has 0 amide bonds. The highest BCUT2D eigenvalue weighted by Gasteiger charge is 2.00. The van der Waals surface area contributed by atoms with E-state index < -0.39 is 0 Å². The lowest BCUT2D eigenvalue weighted by Crippen LogP contribution is -2.00. The molecule has 1 aromatic carbocycles. The van der Waals surface area contributed by atoms with Crippen molar-refractivity contribution in [2.45, 2.75) is 12.8 Å². The number of benzene rings is 1. The van der Waals surface area contributed by atoms with Crippen molar-refractivity contribution in [3.63, 3.8) is 0 Å². The predicted molar refractivity (Wildman–Crippen MR) is 67.6 cm³/mol. The molecule has 0 aliphatic rings. The minimum absolute atomic E-state index is 0.279. The average Bonchev–Trinajstić information content (AvgIpc) is 2.81. The number of nitrogens with one attached hydrogen (secondary N) is 1. The molecule has 0 unspecified atom stereocenters. The molecule has 0 bridgehead atoms. The second-order valence-corrected chi connectivity index (χ2v) is 3.77. The molecule has 0 atom stereocenters. The Bertz CT molecular complexity index is 481. The number of methoxy groups -OCH3 is 1. The first-order chi connectivity index (χ1) is 8.78. The Hall–Kier alpha value is -2.24. The number of H-pyrrole nitrogens is 1. The van der Waals surface area contributed by atoms with Gasteiger partial charge in [0.15, 0.2) is 0 Å². The Morgan fingerprint density at radius 2 is 1.94 bits per heavy atom. The molecule has 3 N–H and O–H groups in total. The number of nitrogen functional groups attached to an aromatic ring is 1. The summed E-state index contributed by atoms with van der Waals surface area (Å²) in [6.07, 6.45) is 1.61. The molecule has 18 heavy (non-hydrogen) atoms. The van der Waals surface area contributed by atoms with Crippen LogP contribution in [0.4, 0.5) is 5.95 Å². The Morgan fingerprint density at radius 1 is 1.22 bits per heavy atom. The summed E-state index contributed by atoms with van der Waals surface area (Å²) in [5, 5.41) is 6.52. The van der Waals surface area contributed by atoms with E-state index >= 15 is 0 Å². The van der Waals surface area contributed by atoms with Crippen LogP contribution < -0.4 is 15.2 Å². The maximum atomic E-state index is 5.59. The number of aromatic amines is 1. The number of nitrogens with zero attached hydrogens (tertiary/aromatic N) is 2. The van der Waals surface area contributed by atoms with E-state index in [0.29, 0.717) is 6.61 Å². The van der Waals surface area contributed by atoms with Gasteiger partial charge in [0.05, 0.1) is 13.7 Å². The highest BCUT2D eigenvalue weighted by atomic mass is 16.5. The van der Waals surface area contributed by atoms with Crippen LogP contribution in [0.3, 0.4) is 0 Å². The lowest BCUT2D eigenvalue weighted by atomic mass is 10.3. The van der Waals surface area contributed by atoms with E-state index in [0.717, 1.165) is 30.2 Å². The van der Waals surface area contributed by atoms with Crippen LogP contribution in [0.5, 0.6) is 11.5 Å². The van der Waals surface area contributed by atoms with Crippen molar-refractivity contribution in [2.75, 3.05) is 19.5 Å². The summed E-state index contributed by atoms with van der Waals surface area (Å²) in [6, 6.07) is 7.50. The number of hydrogen-bond donors (Lipinski definition) is 2. The van der Waals surface area contributed by atoms with E-state index in [4.69, 9.17) is 15.2 Å². The average molecular weight is 248 g/mol. The summed E-state index contributed by atoms with van der Waals surface area (Å²) < 4.78 is 10.7. The molecule has 6 heteroatoms. The Morgan fingerprint density at radius 3 is 2.56 bits per heavy atom. The summed E-state index contributed by atoms with van der Waals surface area (Å²) in [7, 11) is 1.64. The summed E-state index contributed by atoms with van der Waals surface area (Å²) >= 11 is 0. The van der Waals surface area contributed by atoms with Crippen LogP contribution in [0.1, 0.15) is 12.2 Å². The van der Waals surface area contributed by atoms with Gasteiger partial charge < -0.3 is 15.2 Å². The molecule has 0 spiro atoms. The van der Waals surface area contributed by atoms with Crippen LogP contribution in [0.2, 0.25) is 0 Å². The molecule has 2 rings (SSSR count). The molecule has 96 valence electrons. The number of nitrogens with two attached hydrogens (primary N) is 1. The third kappa shape index (κ3) is 3.38. The number of aromatic nitrogens is 3. The van der Waals surface area contributed by atoms with E-state index in [1.807, 2.05) is 24.3 Å². The van der Waals surface area contributed by atoms with Gasteiger partial charge in [-0.2, -0.15) is 4.98 Å². The first kappa shape index (κ1) is 12.2. The first-order valence-electron chi connectivity index (χ1n) is 5.71. The van der Waals surface area contributed by atoms with Gasteiger partial charge in [-0.1, -0.05) is 0 Å². The van der Waals surface area contributed by atoms with Gasteiger partial charge in [-0.05, 0) is 30.7 Å². The zero-order chi connectivity index (χ0) is 12.8. The lowest BCUT2D eigenvalue weighted by molar-refractivity contribution is 0.309. The van der Waals surface area contributed by atoms with Crippen LogP contribution >= 0.6 is 0 Å². The third-order valence-corrected chi connectivity index (χ3v) is 2.44. The maximum absolute atomic E-state index is 5.59. The minimum atomic E-state index is 0.279. The second-order valence-electron chi connectivity index (χ2n) is 3.77. The van der Waals surface area contributed by atoms with Crippen molar-refractivity contribution >= 4 is 5.95 Å². The highest BCUT2D eigenvalue weighted by molar-refractivity contribution is 5.31. The van der Waals surface area contributed by atoms with Gasteiger partial charge in [0, 0.05) is 6.42 Å². The summed E-state index contributed by atoms with van der Waals surface area (Å²) in [6.45, 7) is 0.618. The minimum Gasteiger partial charge on any atom is -0.497 e. The van der Waals surface area contributed by atoms with Gasteiger partial charge in [0.1, 0.15) is 17.3 Å². The van der Waals surface area contributed by atoms with Crippen molar-refractivity contribution < 1.29 is 9.47 Å².